The van der Waals surface area contributed by atoms with E-state index in [-0.39, 0.29) is 5.88 Å². The van der Waals surface area contributed by atoms with Gasteiger partial charge in [-0.2, -0.15) is 8.78 Å². The Balaban J connectivity index is 2.15. The average Bonchev–Trinajstić information content (AvgIpc) is 2.44. The fraction of sp³-hybridized carbons (Fsp3) is 0.133. The number of alkyl halides is 3. The smallest absolute Gasteiger partial charge is 0.335 e. The van der Waals surface area contributed by atoms with Crippen LogP contribution < -0.4 is 4.74 Å². The first-order valence-corrected chi connectivity index (χ1v) is 7.01. The van der Waals surface area contributed by atoms with Gasteiger partial charge in [-0.3, -0.25) is 0 Å². The maximum absolute atomic E-state index is 13.6. The Morgan fingerprint density at radius 3 is 2.40 bits per heavy atom. The summed E-state index contributed by atoms with van der Waals surface area (Å²) in [5, 5.41) is 0. The Morgan fingerprint density at radius 1 is 1.10 bits per heavy atom. The summed E-state index contributed by atoms with van der Waals surface area (Å²) < 4.78 is 29.3. The van der Waals surface area contributed by atoms with Gasteiger partial charge in [0.15, 0.2) is 6.10 Å². The lowest BCUT2D eigenvalue weighted by Crippen LogP contribution is -2.31. The van der Waals surface area contributed by atoms with Gasteiger partial charge in [-0.25, -0.2) is 4.98 Å². The van der Waals surface area contributed by atoms with Gasteiger partial charge in [0.25, 0.3) is 0 Å². The highest BCUT2D eigenvalue weighted by Crippen LogP contribution is 2.31. The molecular weight excluding hydrogens is 375 g/mol. The molecule has 2 rings (SSSR count). The molecule has 2 aromatic rings. The second-order valence-electron chi connectivity index (χ2n) is 4.02. The molecule has 0 aliphatic rings. The third-order valence-electron chi connectivity index (χ3n) is 2.47. The molecule has 0 aliphatic carbocycles. The van der Waals surface area contributed by atoms with Gasteiger partial charge >= 0.3 is 3.93 Å². The molecule has 0 aliphatic heterocycles. The van der Waals surface area contributed by atoms with Gasteiger partial charge in [0.2, 0.25) is 5.88 Å². The van der Waals surface area contributed by atoms with Crippen molar-refractivity contribution in [3.8, 4) is 5.88 Å². The van der Waals surface area contributed by atoms with Gasteiger partial charge < -0.3 is 4.74 Å². The van der Waals surface area contributed by atoms with E-state index in [0.29, 0.717) is 0 Å². The van der Waals surface area contributed by atoms with Crippen LogP contribution in [0.2, 0.25) is 0 Å². The fourth-order valence-electron chi connectivity index (χ4n) is 1.52. The molecule has 0 radical (unpaired) electrons. The summed E-state index contributed by atoms with van der Waals surface area (Å²) >= 11 is 1.07. The van der Waals surface area contributed by atoms with E-state index in [1.165, 1.54) is 12.3 Å². The van der Waals surface area contributed by atoms with Crippen LogP contribution in [0.3, 0.4) is 0 Å². The van der Waals surface area contributed by atoms with Crippen molar-refractivity contribution in [2.75, 3.05) is 0 Å². The van der Waals surface area contributed by atoms with E-state index in [0.717, 1.165) is 28.2 Å². The molecule has 0 fully saturated rings. The van der Waals surface area contributed by atoms with Crippen molar-refractivity contribution in [3.05, 3.63) is 66.4 Å². The van der Waals surface area contributed by atoms with Crippen LogP contribution in [0, 0.1) is 0 Å². The largest absolute Gasteiger partial charge is 0.463 e. The number of nitrogens with zero attached hydrogens (tertiary/aromatic N) is 1. The number of pyridine rings is 1. The van der Waals surface area contributed by atoms with Gasteiger partial charge in [0, 0.05) is 34.9 Å². The second kappa shape index (κ2) is 6.78. The van der Waals surface area contributed by atoms with Gasteiger partial charge in [0.1, 0.15) is 0 Å². The summed E-state index contributed by atoms with van der Waals surface area (Å²) in [6.07, 6.45) is 3.08. The lowest BCUT2D eigenvalue weighted by atomic mass is 10.2. The zero-order valence-corrected chi connectivity index (χ0v) is 12.6. The minimum atomic E-state index is -3.03. The zero-order chi connectivity index (χ0) is 14.4. The summed E-state index contributed by atoms with van der Waals surface area (Å²) in [7, 11) is 0. The Labute approximate surface area is 129 Å². The first-order chi connectivity index (χ1) is 9.55. The van der Waals surface area contributed by atoms with E-state index in [1.54, 1.807) is 24.3 Å². The maximum Gasteiger partial charge on any atom is 0.335 e. The van der Waals surface area contributed by atoms with E-state index in [2.05, 4.69) is 4.98 Å². The van der Waals surface area contributed by atoms with Crippen LogP contribution in [0.15, 0.2) is 60.8 Å². The lowest BCUT2D eigenvalue weighted by Gasteiger charge is -2.19. The molecular formula is C15H12F2INO. The second-order valence-corrected chi connectivity index (χ2v) is 5.46. The number of hydrogen-bond donors (Lipinski definition) is 0. The van der Waals surface area contributed by atoms with Crippen molar-refractivity contribution < 1.29 is 13.5 Å². The van der Waals surface area contributed by atoms with E-state index in [9.17, 15) is 8.78 Å². The van der Waals surface area contributed by atoms with E-state index < -0.39 is 10.0 Å². The molecule has 104 valence electrons. The van der Waals surface area contributed by atoms with E-state index >= 15 is 0 Å². The molecule has 2 nitrogen and oxygen atoms in total. The Hall–Kier alpha value is -1.50. The van der Waals surface area contributed by atoms with Crippen molar-refractivity contribution in [1.82, 2.24) is 4.98 Å². The van der Waals surface area contributed by atoms with Gasteiger partial charge in [-0.05, 0) is 17.7 Å². The molecule has 1 unspecified atom stereocenters. The number of aromatic nitrogens is 1. The number of benzene rings is 1. The van der Waals surface area contributed by atoms with Crippen LogP contribution >= 0.6 is 22.6 Å². The van der Waals surface area contributed by atoms with Gasteiger partial charge in [-0.15, -0.1) is 0 Å². The summed E-state index contributed by atoms with van der Waals surface area (Å²) in [5.41, 5.74) is 0.836. The summed E-state index contributed by atoms with van der Waals surface area (Å²) in [4.78, 5) is 3.89. The highest BCUT2D eigenvalue weighted by Gasteiger charge is 2.36. The van der Waals surface area contributed by atoms with Gasteiger partial charge in [0.05, 0.1) is 0 Å². The highest BCUT2D eigenvalue weighted by molar-refractivity contribution is 14.1. The Morgan fingerprint density at radius 2 is 1.80 bits per heavy atom. The summed E-state index contributed by atoms with van der Waals surface area (Å²) in [6, 6.07) is 14.2. The van der Waals surface area contributed by atoms with Crippen molar-refractivity contribution in [2.45, 2.75) is 10.0 Å². The van der Waals surface area contributed by atoms with E-state index in [4.69, 9.17) is 4.74 Å². The molecule has 0 amide bonds. The van der Waals surface area contributed by atoms with Crippen LogP contribution in [0.1, 0.15) is 5.56 Å². The third-order valence-corrected chi connectivity index (χ3v) is 3.08. The Bertz CT molecular complexity index is 555. The van der Waals surface area contributed by atoms with Crippen LogP contribution in [0.5, 0.6) is 5.88 Å². The molecule has 0 saturated carbocycles. The molecule has 0 N–H and O–H groups in total. The monoisotopic (exact) mass is 387 g/mol. The third kappa shape index (κ3) is 4.56. The van der Waals surface area contributed by atoms with Crippen LogP contribution in [0.4, 0.5) is 8.78 Å². The highest BCUT2D eigenvalue weighted by atomic mass is 127. The Kier molecular flexibility index (Phi) is 5.05. The number of ether oxygens (including phenoxy) is 1. The van der Waals surface area contributed by atoms with Crippen molar-refractivity contribution in [2.24, 2.45) is 0 Å². The first kappa shape index (κ1) is 14.9. The number of halogens is 3. The molecule has 1 heterocycles. The average molecular weight is 387 g/mol. The fourth-order valence-corrected chi connectivity index (χ4v) is 1.86. The molecule has 1 aromatic heterocycles. The zero-order valence-electron chi connectivity index (χ0n) is 10.4. The van der Waals surface area contributed by atoms with Crippen molar-refractivity contribution in [3.63, 3.8) is 0 Å². The molecule has 0 spiro atoms. The standard InChI is InChI=1S/C15H12F2INO/c16-15(17,18)13(20-14-8-4-5-11-19-14)10-9-12-6-2-1-3-7-12/h1-11,13H/b10-9+. The summed E-state index contributed by atoms with van der Waals surface area (Å²) in [6.45, 7) is 0. The number of hydrogen-bond acceptors (Lipinski definition) is 2. The number of rotatable bonds is 5. The molecule has 0 saturated heterocycles. The summed E-state index contributed by atoms with van der Waals surface area (Å²) in [5.74, 6) is 0.173. The molecule has 5 heteroatoms. The topological polar surface area (TPSA) is 22.1 Å². The van der Waals surface area contributed by atoms with Gasteiger partial charge in [-0.1, -0.05) is 42.5 Å². The predicted octanol–water partition coefficient (Wildman–Crippen LogP) is 4.57. The molecule has 1 atom stereocenters. The lowest BCUT2D eigenvalue weighted by molar-refractivity contribution is 0.0208. The van der Waals surface area contributed by atoms with E-state index in [1.807, 2.05) is 30.3 Å². The first-order valence-electron chi connectivity index (χ1n) is 5.93. The van der Waals surface area contributed by atoms with Crippen LogP contribution in [-0.2, 0) is 0 Å². The minimum Gasteiger partial charge on any atom is -0.463 e. The van der Waals surface area contributed by atoms with Crippen molar-refractivity contribution in [1.29, 1.82) is 0 Å². The van der Waals surface area contributed by atoms with Crippen LogP contribution in [0.25, 0.3) is 6.08 Å². The predicted molar refractivity (Wildman–Crippen MR) is 83.1 cm³/mol. The van der Waals surface area contributed by atoms with Crippen LogP contribution in [-0.4, -0.2) is 15.0 Å². The SMILES string of the molecule is FC(F)(I)C(/C=C/c1ccccc1)Oc1ccccn1. The molecule has 0 bridgehead atoms. The normalized spacial score (nSPS) is 13.3. The van der Waals surface area contributed by atoms with Crippen molar-refractivity contribution >= 4 is 28.7 Å². The minimum absolute atomic E-state index is 0.173. The maximum atomic E-state index is 13.6. The molecule has 1 aromatic carbocycles. The quantitative estimate of drug-likeness (QED) is 0.554. The molecule has 20 heavy (non-hydrogen) atoms.